The summed E-state index contributed by atoms with van der Waals surface area (Å²) in [5.74, 6) is -0.134. The molecular weight excluding hydrogens is 276 g/mol. The van der Waals surface area contributed by atoms with Crippen LogP contribution in [0.15, 0.2) is 24.3 Å². The Morgan fingerprint density at radius 3 is 1.59 bits per heavy atom. The molecule has 2 amide bonds. The van der Waals surface area contributed by atoms with Crippen LogP contribution < -0.4 is 10.6 Å². The van der Waals surface area contributed by atoms with Gasteiger partial charge in [-0.3, -0.25) is 9.59 Å². The minimum atomic E-state index is -0.0672. The van der Waals surface area contributed by atoms with Gasteiger partial charge in [0.2, 0.25) is 0 Å². The normalized spacial score (nSPS) is 19.3. The molecule has 0 atom stereocenters. The topological polar surface area (TPSA) is 58.2 Å². The molecule has 0 bridgehead atoms. The van der Waals surface area contributed by atoms with Crippen LogP contribution in [0.4, 0.5) is 0 Å². The molecule has 2 aliphatic rings. The lowest BCUT2D eigenvalue weighted by Gasteiger charge is -2.14. The molecule has 0 aromatic heterocycles. The van der Waals surface area contributed by atoms with Gasteiger partial charge in [0.05, 0.1) is 0 Å². The fourth-order valence-electron chi connectivity index (χ4n) is 3.48. The molecule has 0 heterocycles. The zero-order valence-electron chi connectivity index (χ0n) is 12.9. The molecule has 22 heavy (non-hydrogen) atoms. The first-order chi connectivity index (χ1) is 10.7. The van der Waals surface area contributed by atoms with E-state index in [9.17, 15) is 9.59 Å². The first-order valence-corrected chi connectivity index (χ1v) is 8.44. The molecule has 4 nitrogen and oxygen atoms in total. The Labute approximate surface area is 131 Å². The largest absolute Gasteiger partial charge is 0.349 e. The average Bonchev–Trinajstić information content (AvgIpc) is 3.21. The van der Waals surface area contributed by atoms with Crippen molar-refractivity contribution in [2.45, 2.75) is 63.5 Å². The van der Waals surface area contributed by atoms with Crippen molar-refractivity contribution in [3.05, 3.63) is 35.4 Å². The highest BCUT2D eigenvalue weighted by Crippen LogP contribution is 2.19. The molecule has 2 aliphatic carbocycles. The third kappa shape index (κ3) is 3.67. The Balaban J connectivity index is 1.63. The van der Waals surface area contributed by atoms with Crippen LogP contribution in [0.2, 0.25) is 0 Å². The van der Waals surface area contributed by atoms with Gasteiger partial charge in [-0.2, -0.15) is 0 Å². The van der Waals surface area contributed by atoms with Crippen LogP contribution in [-0.2, 0) is 0 Å². The quantitative estimate of drug-likeness (QED) is 0.898. The molecule has 1 aromatic rings. The van der Waals surface area contributed by atoms with Crippen LogP contribution >= 0.6 is 0 Å². The minimum absolute atomic E-state index is 0.0672. The summed E-state index contributed by atoms with van der Waals surface area (Å²) in [5, 5.41) is 6.13. The van der Waals surface area contributed by atoms with Crippen LogP contribution in [0.25, 0.3) is 0 Å². The standard InChI is InChI=1S/C18H24N2O2/c21-17(19-15-8-1-2-9-15)13-6-5-7-14(12-13)18(22)20-16-10-3-4-11-16/h5-7,12,15-16H,1-4,8-11H2,(H,19,21)(H,20,22). The Kier molecular flexibility index (Phi) is 4.76. The number of carbonyl (C=O) groups is 2. The zero-order chi connectivity index (χ0) is 15.4. The summed E-state index contributed by atoms with van der Waals surface area (Å²) in [4.78, 5) is 24.6. The first kappa shape index (κ1) is 15.1. The second-order valence-corrected chi connectivity index (χ2v) is 6.49. The van der Waals surface area contributed by atoms with Gasteiger partial charge in [0.25, 0.3) is 11.8 Å². The summed E-state index contributed by atoms with van der Waals surface area (Å²) in [6.07, 6.45) is 9.01. The van der Waals surface area contributed by atoms with Crippen molar-refractivity contribution in [2.75, 3.05) is 0 Å². The van der Waals surface area contributed by atoms with E-state index in [4.69, 9.17) is 0 Å². The van der Waals surface area contributed by atoms with Crippen molar-refractivity contribution in [1.29, 1.82) is 0 Å². The average molecular weight is 300 g/mol. The second-order valence-electron chi connectivity index (χ2n) is 6.49. The predicted octanol–water partition coefficient (Wildman–Crippen LogP) is 3.03. The van der Waals surface area contributed by atoms with Gasteiger partial charge < -0.3 is 10.6 Å². The van der Waals surface area contributed by atoms with Gasteiger partial charge in [-0.1, -0.05) is 31.7 Å². The molecule has 0 aliphatic heterocycles. The van der Waals surface area contributed by atoms with Gasteiger partial charge in [-0.05, 0) is 43.9 Å². The maximum absolute atomic E-state index is 12.3. The number of nitrogens with one attached hydrogen (secondary N) is 2. The molecule has 4 heteroatoms. The monoisotopic (exact) mass is 300 g/mol. The van der Waals surface area contributed by atoms with Gasteiger partial charge >= 0.3 is 0 Å². The maximum Gasteiger partial charge on any atom is 0.251 e. The fraction of sp³-hybridized carbons (Fsp3) is 0.556. The lowest BCUT2D eigenvalue weighted by molar-refractivity contribution is 0.0937. The minimum Gasteiger partial charge on any atom is -0.349 e. The molecule has 1 aromatic carbocycles. The summed E-state index contributed by atoms with van der Waals surface area (Å²) < 4.78 is 0. The van der Waals surface area contributed by atoms with Gasteiger partial charge in [-0.25, -0.2) is 0 Å². The van der Waals surface area contributed by atoms with Gasteiger partial charge in [0.15, 0.2) is 0 Å². The lowest BCUT2D eigenvalue weighted by Crippen LogP contribution is -2.34. The summed E-state index contributed by atoms with van der Waals surface area (Å²) in [6, 6.07) is 7.63. The SMILES string of the molecule is O=C(NC1CCCC1)c1cccc(C(=O)NC2CCCC2)c1. The number of carbonyl (C=O) groups excluding carboxylic acids is 2. The van der Waals surface area contributed by atoms with E-state index in [2.05, 4.69) is 10.6 Å². The molecule has 2 saturated carbocycles. The molecule has 0 spiro atoms. The second kappa shape index (κ2) is 6.95. The van der Waals surface area contributed by atoms with E-state index in [0.29, 0.717) is 23.2 Å². The highest BCUT2D eigenvalue weighted by molar-refractivity contribution is 5.99. The molecule has 0 saturated heterocycles. The molecule has 118 valence electrons. The molecule has 2 fully saturated rings. The van der Waals surface area contributed by atoms with E-state index in [1.165, 1.54) is 25.7 Å². The van der Waals surface area contributed by atoms with Gasteiger partial charge in [0, 0.05) is 23.2 Å². The molecule has 2 N–H and O–H groups in total. The van der Waals surface area contributed by atoms with E-state index in [-0.39, 0.29) is 11.8 Å². The number of hydrogen-bond acceptors (Lipinski definition) is 2. The lowest BCUT2D eigenvalue weighted by atomic mass is 10.1. The van der Waals surface area contributed by atoms with E-state index < -0.39 is 0 Å². The Morgan fingerprint density at radius 2 is 1.18 bits per heavy atom. The van der Waals surface area contributed by atoms with Crippen LogP contribution in [0.1, 0.15) is 72.1 Å². The summed E-state index contributed by atoms with van der Waals surface area (Å²) in [6.45, 7) is 0. The predicted molar refractivity (Wildman–Crippen MR) is 85.9 cm³/mol. The summed E-state index contributed by atoms with van der Waals surface area (Å²) in [5.41, 5.74) is 1.15. The highest BCUT2D eigenvalue weighted by Gasteiger charge is 2.20. The van der Waals surface area contributed by atoms with Crippen molar-refractivity contribution >= 4 is 11.8 Å². The molecule has 0 unspecified atom stereocenters. The molecular formula is C18H24N2O2. The molecule has 0 radical (unpaired) electrons. The Hall–Kier alpha value is -1.84. The van der Waals surface area contributed by atoms with Crippen LogP contribution in [0, 0.1) is 0 Å². The number of rotatable bonds is 4. The third-order valence-electron chi connectivity index (χ3n) is 4.77. The van der Waals surface area contributed by atoms with Crippen molar-refractivity contribution in [3.8, 4) is 0 Å². The van der Waals surface area contributed by atoms with Crippen molar-refractivity contribution in [2.24, 2.45) is 0 Å². The van der Waals surface area contributed by atoms with E-state index in [1.54, 1.807) is 24.3 Å². The van der Waals surface area contributed by atoms with E-state index in [0.717, 1.165) is 25.7 Å². The number of hydrogen-bond donors (Lipinski definition) is 2. The van der Waals surface area contributed by atoms with Gasteiger partial charge in [-0.15, -0.1) is 0 Å². The first-order valence-electron chi connectivity index (χ1n) is 8.44. The fourth-order valence-corrected chi connectivity index (χ4v) is 3.48. The van der Waals surface area contributed by atoms with Crippen LogP contribution in [0.3, 0.4) is 0 Å². The summed E-state index contributed by atoms with van der Waals surface area (Å²) in [7, 11) is 0. The summed E-state index contributed by atoms with van der Waals surface area (Å²) >= 11 is 0. The number of benzene rings is 1. The third-order valence-corrected chi connectivity index (χ3v) is 4.77. The van der Waals surface area contributed by atoms with Crippen molar-refractivity contribution in [3.63, 3.8) is 0 Å². The zero-order valence-corrected chi connectivity index (χ0v) is 12.9. The Morgan fingerprint density at radius 1 is 0.773 bits per heavy atom. The molecule has 3 rings (SSSR count). The maximum atomic E-state index is 12.3. The van der Waals surface area contributed by atoms with Crippen molar-refractivity contribution < 1.29 is 9.59 Å². The highest BCUT2D eigenvalue weighted by atomic mass is 16.2. The van der Waals surface area contributed by atoms with E-state index >= 15 is 0 Å². The van der Waals surface area contributed by atoms with E-state index in [1.807, 2.05) is 0 Å². The van der Waals surface area contributed by atoms with Crippen LogP contribution in [0.5, 0.6) is 0 Å². The van der Waals surface area contributed by atoms with Crippen LogP contribution in [-0.4, -0.2) is 23.9 Å². The Bertz CT molecular complexity index is 499. The van der Waals surface area contributed by atoms with Crippen molar-refractivity contribution in [1.82, 2.24) is 10.6 Å². The van der Waals surface area contributed by atoms with Gasteiger partial charge in [0.1, 0.15) is 0 Å². The smallest absolute Gasteiger partial charge is 0.251 e. The number of amides is 2.